The Labute approximate surface area is 133 Å². The van der Waals surface area contributed by atoms with E-state index in [4.69, 9.17) is 0 Å². The number of nitrogens with zero attached hydrogens (tertiary/aromatic N) is 1. The van der Waals surface area contributed by atoms with E-state index in [9.17, 15) is 9.18 Å². The van der Waals surface area contributed by atoms with Gasteiger partial charge in [-0.15, -0.1) is 11.3 Å². The number of thiophene rings is 1. The molecule has 0 aliphatic heterocycles. The highest BCUT2D eigenvalue weighted by Crippen LogP contribution is 2.28. The second kappa shape index (κ2) is 7.03. The Kier molecular flexibility index (Phi) is 4.85. The highest BCUT2D eigenvalue weighted by atomic mass is 32.1. The van der Waals surface area contributed by atoms with Crippen molar-refractivity contribution >= 4 is 17.2 Å². The third-order valence-electron chi connectivity index (χ3n) is 3.78. The van der Waals surface area contributed by atoms with Crippen molar-refractivity contribution in [2.45, 2.75) is 32.0 Å². The van der Waals surface area contributed by atoms with E-state index in [1.165, 1.54) is 10.9 Å². The number of amides is 1. The van der Waals surface area contributed by atoms with Crippen LogP contribution in [0.3, 0.4) is 0 Å². The second-order valence-electron chi connectivity index (χ2n) is 5.58. The van der Waals surface area contributed by atoms with Gasteiger partial charge in [0.05, 0.1) is 6.54 Å². The van der Waals surface area contributed by atoms with Gasteiger partial charge in [0.1, 0.15) is 5.82 Å². The van der Waals surface area contributed by atoms with Gasteiger partial charge >= 0.3 is 0 Å². The third kappa shape index (κ3) is 4.15. The first-order valence-electron chi connectivity index (χ1n) is 7.49. The Balaban J connectivity index is 1.52. The standard InChI is InChI=1S/C17H19FN2OS/c18-16-6-2-1-4-13(16)10-19-17(21)12-20(14-7-8-14)11-15-5-3-9-22-15/h1-6,9,14H,7-8,10-12H2,(H,19,21). The molecule has 1 heterocycles. The van der Waals surface area contributed by atoms with E-state index in [2.05, 4.69) is 21.7 Å². The van der Waals surface area contributed by atoms with E-state index in [1.54, 1.807) is 29.5 Å². The van der Waals surface area contributed by atoms with E-state index < -0.39 is 0 Å². The maximum Gasteiger partial charge on any atom is 0.234 e. The molecule has 0 spiro atoms. The predicted molar refractivity (Wildman–Crippen MR) is 86.0 cm³/mol. The molecule has 1 aliphatic rings. The Hall–Kier alpha value is -1.72. The molecule has 22 heavy (non-hydrogen) atoms. The second-order valence-corrected chi connectivity index (χ2v) is 6.62. The maximum atomic E-state index is 13.5. The van der Waals surface area contributed by atoms with Crippen LogP contribution in [0, 0.1) is 5.82 Å². The van der Waals surface area contributed by atoms with Crippen LogP contribution in [-0.4, -0.2) is 23.4 Å². The van der Waals surface area contributed by atoms with Crippen molar-refractivity contribution in [3.63, 3.8) is 0 Å². The molecule has 1 aromatic heterocycles. The summed E-state index contributed by atoms with van der Waals surface area (Å²) < 4.78 is 13.5. The number of carbonyl (C=O) groups excluding carboxylic acids is 1. The average Bonchev–Trinajstić information content (AvgIpc) is 3.24. The Morgan fingerprint density at radius 3 is 2.77 bits per heavy atom. The molecule has 5 heteroatoms. The molecule has 1 saturated carbocycles. The molecule has 0 unspecified atom stereocenters. The van der Waals surface area contributed by atoms with Gasteiger partial charge in [-0.1, -0.05) is 24.3 Å². The summed E-state index contributed by atoms with van der Waals surface area (Å²) in [6, 6.07) is 11.2. The molecule has 3 rings (SSSR count). The number of halogens is 1. The Bertz CT molecular complexity index is 625. The molecule has 1 aliphatic carbocycles. The summed E-state index contributed by atoms with van der Waals surface area (Å²) >= 11 is 1.71. The zero-order chi connectivity index (χ0) is 15.4. The lowest BCUT2D eigenvalue weighted by atomic mass is 10.2. The summed E-state index contributed by atoms with van der Waals surface area (Å²) in [5.74, 6) is -0.327. The topological polar surface area (TPSA) is 32.3 Å². The van der Waals surface area contributed by atoms with Crippen molar-refractivity contribution in [2.75, 3.05) is 6.54 Å². The van der Waals surface area contributed by atoms with E-state index in [-0.39, 0.29) is 18.3 Å². The molecule has 1 N–H and O–H groups in total. The quantitative estimate of drug-likeness (QED) is 0.850. The third-order valence-corrected chi connectivity index (χ3v) is 4.64. The van der Waals surface area contributed by atoms with Crippen molar-refractivity contribution in [3.8, 4) is 0 Å². The molecule has 0 radical (unpaired) electrons. The number of carbonyl (C=O) groups is 1. The molecule has 1 amide bonds. The number of rotatable bonds is 7. The number of benzene rings is 1. The molecule has 0 bridgehead atoms. The first kappa shape index (κ1) is 15.2. The lowest BCUT2D eigenvalue weighted by Gasteiger charge is -2.20. The van der Waals surface area contributed by atoms with Crippen molar-refractivity contribution in [3.05, 3.63) is 58.0 Å². The van der Waals surface area contributed by atoms with Gasteiger partial charge in [-0.2, -0.15) is 0 Å². The van der Waals surface area contributed by atoms with Crippen molar-refractivity contribution in [2.24, 2.45) is 0 Å². The van der Waals surface area contributed by atoms with Crippen LogP contribution in [0.25, 0.3) is 0 Å². The van der Waals surface area contributed by atoms with Crippen LogP contribution < -0.4 is 5.32 Å². The normalized spacial score (nSPS) is 14.3. The SMILES string of the molecule is O=C(CN(Cc1cccs1)C1CC1)NCc1ccccc1F. The van der Waals surface area contributed by atoms with Gasteiger partial charge in [-0.05, 0) is 30.4 Å². The molecule has 116 valence electrons. The highest BCUT2D eigenvalue weighted by molar-refractivity contribution is 7.09. The summed E-state index contributed by atoms with van der Waals surface area (Å²) in [5.41, 5.74) is 0.520. The predicted octanol–water partition coefficient (Wildman–Crippen LogP) is 3.17. The van der Waals surface area contributed by atoms with Crippen LogP contribution in [0.5, 0.6) is 0 Å². The van der Waals surface area contributed by atoms with Crippen LogP contribution >= 0.6 is 11.3 Å². The summed E-state index contributed by atoms with van der Waals surface area (Å²) in [4.78, 5) is 15.6. The van der Waals surface area contributed by atoms with Crippen LogP contribution in [0.1, 0.15) is 23.3 Å². The molecular formula is C17H19FN2OS. The zero-order valence-electron chi connectivity index (χ0n) is 12.3. The molecule has 2 aromatic rings. The van der Waals surface area contributed by atoms with Gasteiger partial charge in [0.25, 0.3) is 0 Å². The first-order valence-corrected chi connectivity index (χ1v) is 8.37. The first-order chi connectivity index (χ1) is 10.7. The van der Waals surface area contributed by atoms with E-state index in [1.807, 2.05) is 6.07 Å². The lowest BCUT2D eigenvalue weighted by Crippen LogP contribution is -2.37. The Morgan fingerprint density at radius 2 is 2.09 bits per heavy atom. The van der Waals surface area contributed by atoms with Crippen molar-refractivity contribution < 1.29 is 9.18 Å². The maximum absolute atomic E-state index is 13.5. The fraction of sp³-hybridized carbons (Fsp3) is 0.353. The van der Waals surface area contributed by atoms with Crippen LogP contribution in [0.15, 0.2) is 41.8 Å². The summed E-state index contributed by atoms with van der Waals surface area (Å²) in [7, 11) is 0. The fourth-order valence-corrected chi connectivity index (χ4v) is 3.16. The smallest absolute Gasteiger partial charge is 0.234 e. The molecule has 0 atom stereocenters. The minimum absolute atomic E-state index is 0.0493. The zero-order valence-corrected chi connectivity index (χ0v) is 13.1. The number of hydrogen-bond donors (Lipinski definition) is 1. The van der Waals surface area contributed by atoms with Gasteiger partial charge in [0.15, 0.2) is 0 Å². The Morgan fingerprint density at radius 1 is 1.27 bits per heavy atom. The largest absolute Gasteiger partial charge is 0.351 e. The lowest BCUT2D eigenvalue weighted by molar-refractivity contribution is -0.122. The minimum atomic E-state index is -0.277. The molecule has 1 aromatic carbocycles. The van der Waals surface area contributed by atoms with Gasteiger partial charge in [-0.25, -0.2) is 4.39 Å². The molecular weight excluding hydrogens is 299 g/mol. The van der Waals surface area contributed by atoms with E-state index >= 15 is 0 Å². The van der Waals surface area contributed by atoms with Gasteiger partial charge in [0.2, 0.25) is 5.91 Å². The average molecular weight is 318 g/mol. The highest BCUT2D eigenvalue weighted by Gasteiger charge is 2.30. The van der Waals surface area contributed by atoms with Crippen LogP contribution in [-0.2, 0) is 17.9 Å². The summed E-state index contributed by atoms with van der Waals surface area (Å²) in [6.45, 7) is 1.43. The number of hydrogen-bond acceptors (Lipinski definition) is 3. The van der Waals surface area contributed by atoms with Gasteiger partial charge in [0, 0.05) is 29.6 Å². The van der Waals surface area contributed by atoms with Gasteiger partial charge in [-0.3, -0.25) is 9.69 Å². The molecule has 1 fully saturated rings. The molecule has 3 nitrogen and oxygen atoms in total. The fourth-order valence-electron chi connectivity index (χ4n) is 2.43. The van der Waals surface area contributed by atoms with Crippen LogP contribution in [0.2, 0.25) is 0 Å². The van der Waals surface area contributed by atoms with Crippen molar-refractivity contribution in [1.29, 1.82) is 0 Å². The number of nitrogens with one attached hydrogen (secondary N) is 1. The van der Waals surface area contributed by atoms with Gasteiger partial charge < -0.3 is 5.32 Å². The summed E-state index contributed by atoms with van der Waals surface area (Å²) in [5, 5.41) is 4.87. The van der Waals surface area contributed by atoms with Crippen LogP contribution in [0.4, 0.5) is 4.39 Å². The monoisotopic (exact) mass is 318 g/mol. The minimum Gasteiger partial charge on any atom is -0.351 e. The summed E-state index contributed by atoms with van der Waals surface area (Å²) in [6.07, 6.45) is 2.32. The molecule has 0 saturated heterocycles. The van der Waals surface area contributed by atoms with E-state index in [0.29, 0.717) is 18.2 Å². The van der Waals surface area contributed by atoms with E-state index in [0.717, 1.165) is 19.4 Å². The van der Waals surface area contributed by atoms with Crippen molar-refractivity contribution in [1.82, 2.24) is 10.2 Å².